The third kappa shape index (κ3) is 2.62. The molecule has 0 spiro atoms. The number of benzene rings is 1. The summed E-state index contributed by atoms with van der Waals surface area (Å²) in [4.78, 5) is 14.9. The molecule has 0 unspecified atom stereocenters. The Kier molecular flexibility index (Phi) is 3.39. The number of carbonyl (C=O) groups is 1. The number of hydrogen-bond donors (Lipinski definition) is 1. The van der Waals surface area contributed by atoms with Gasteiger partial charge in [-0.1, -0.05) is 12.1 Å². The molecule has 0 bridgehead atoms. The van der Waals surface area contributed by atoms with Gasteiger partial charge in [-0.2, -0.15) is 0 Å². The van der Waals surface area contributed by atoms with Crippen molar-refractivity contribution in [1.82, 2.24) is 4.98 Å². The van der Waals surface area contributed by atoms with Crippen LogP contribution >= 0.6 is 15.9 Å². The Hall–Kier alpha value is -1.88. The summed E-state index contributed by atoms with van der Waals surface area (Å²) >= 11 is 3.32. The molecule has 1 aromatic heterocycles. The second-order valence-corrected chi connectivity index (χ2v) is 4.05. The van der Waals surface area contributed by atoms with Crippen LogP contribution in [0, 0.1) is 0 Å². The van der Waals surface area contributed by atoms with Crippen LogP contribution in [0.25, 0.3) is 0 Å². The number of para-hydroxylation sites is 1. The van der Waals surface area contributed by atoms with Crippen molar-refractivity contribution in [2.45, 2.75) is 0 Å². The van der Waals surface area contributed by atoms with E-state index in [2.05, 4.69) is 20.9 Å². The number of rotatable bonds is 3. The Morgan fingerprint density at radius 3 is 2.71 bits per heavy atom. The van der Waals surface area contributed by atoms with Crippen LogP contribution in [0.15, 0.2) is 47.1 Å². The van der Waals surface area contributed by atoms with Crippen molar-refractivity contribution in [2.75, 3.05) is 0 Å². The lowest BCUT2D eigenvalue weighted by molar-refractivity contribution is 0.0693. The first-order chi connectivity index (χ1) is 8.18. The number of carboxylic acid groups (broad SMARTS) is 1. The van der Waals surface area contributed by atoms with Gasteiger partial charge in [0.15, 0.2) is 0 Å². The van der Waals surface area contributed by atoms with Crippen LogP contribution in [0.2, 0.25) is 0 Å². The molecule has 2 aromatic rings. The fourth-order valence-corrected chi connectivity index (χ4v) is 1.63. The first-order valence-electron chi connectivity index (χ1n) is 4.79. The third-order valence-electron chi connectivity index (χ3n) is 2.04. The molecule has 1 heterocycles. The Morgan fingerprint density at radius 1 is 1.24 bits per heavy atom. The normalized spacial score (nSPS) is 9.94. The first-order valence-corrected chi connectivity index (χ1v) is 5.58. The summed E-state index contributed by atoms with van der Waals surface area (Å²) in [6, 6.07) is 10.2. The van der Waals surface area contributed by atoms with Crippen molar-refractivity contribution in [3.05, 3.63) is 52.6 Å². The maximum absolute atomic E-state index is 11.0. The number of carboxylic acids is 1. The minimum atomic E-state index is -1.07. The summed E-state index contributed by atoms with van der Waals surface area (Å²) in [7, 11) is 0. The molecule has 0 radical (unpaired) electrons. The highest BCUT2D eigenvalue weighted by molar-refractivity contribution is 9.10. The zero-order chi connectivity index (χ0) is 12.3. The lowest BCUT2D eigenvalue weighted by Crippen LogP contribution is -2.01. The molecule has 2 rings (SSSR count). The van der Waals surface area contributed by atoms with Gasteiger partial charge < -0.3 is 9.84 Å². The van der Waals surface area contributed by atoms with Gasteiger partial charge in [0.2, 0.25) is 5.88 Å². The van der Waals surface area contributed by atoms with Crippen molar-refractivity contribution in [3.8, 4) is 11.6 Å². The van der Waals surface area contributed by atoms with Crippen molar-refractivity contribution in [2.24, 2.45) is 0 Å². The van der Waals surface area contributed by atoms with Gasteiger partial charge >= 0.3 is 5.97 Å². The number of hydrogen-bond acceptors (Lipinski definition) is 3. The fraction of sp³-hybridized carbons (Fsp3) is 0. The second kappa shape index (κ2) is 4.97. The van der Waals surface area contributed by atoms with E-state index in [1.54, 1.807) is 24.3 Å². The number of aromatic nitrogens is 1. The van der Waals surface area contributed by atoms with Crippen LogP contribution in [0.1, 0.15) is 10.4 Å². The van der Waals surface area contributed by atoms with Gasteiger partial charge in [0, 0.05) is 6.20 Å². The van der Waals surface area contributed by atoms with Gasteiger partial charge in [-0.05, 0) is 40.2 Å². The van der Waals surface area contributed by atoms with Crippen LogP contribution in [0.4, 0.5) is 0 Å². The van der Waals surface area contributed by atoms with Crippen LogP contribution < -0.4 is 4.74 Å². The molecule has 86 valence electrons. The van der Waals surface area contributed by atoms with Gasteiger partial charge in [-0.25, -0.2) is 9.78 Å². The van der Waals surface area contributed by atoms with E-state index in [4.69, 9.17) is 9.84 Å². The van der Waals surface area contributed by atoms with Crippen LogP contribution in [-0.4, -0.2) is 16.1 Å². The van der Waals surface area contributed by atoms with E-state index >= 15 is 0 Å². The Morgan fingerprint density at radius 2 is 2.00 bits per heavy atom. The van der Waals surface area contributed by atoms with E-state index in [-0.39, 0.29) is 11.4 Å². The fourth-order valence-electron chi connectivity index (χ4n) is 1.27. The molecule has 0 amide bonds. The minimum Gasteiger partial charge on any atom is -0.477 e. The highest BCUT2D eigenvalue weighted by Gasteiger charge is 2.13. The van der Waals surface area contributed by atoms with Crippen molar-refractivity contribution in [1.29, 1.82) is 0 Å². The van der Waals surface area contributed by atoms with Crippen molar-refractivity contribution < 1.29 is 14.6 Å². The van der Waals surface area contributed by atoms with E-state index < -0.39 is 5.97 Å². The monoisotopic (exact) mass is 293 g/mol. The molecule has 1 N–H and O–H groups in total. The van der Waals surface area contributed by atoms with Crippen LogP contribution in [-0.2, 0) is 0 Å². The Balaban J connectivity index is 2.37. The molecule has 0 saturated heterocycles. The van der Waals surface area contributed by atoms with Gasteiger partial charge in [-0.3, -0.25) is 0 Å². The maximum atomic E-state index is 11.0. The molecule has 0 aliphatic rings. The van der Waals surface area contributed by atoms with Gasteiger partial charge in [0.1, 0.15) is 11.3 Å². The molecule has 4 nitrogen and oxygen atoms in total. The van der Waals surface area contributed by atoms with E-state index in [1.165, 1.54) is 12.3 Å². The van der Waals surface area contributed by atoms with Gasteiger partial charge in [-0.15, -0.1) is 0 Å². The number of halogens is 1. The zero-order valence-corrected chi connectivity index (χ0v) is 10.2. The molecule has 0 saturated carbocycles. The zero-order valence-electron chi connectivity index (χ0n) is 8.63. The molecule has 17 heavy (non-hydrogen) atoms. The Labute approximate surface area is 106 Å². The molecule has 0 atom stereocenters. The average molecular weight is 294 g/mol. The molecule has 5 heteroatoms. The van der Waals surface area contributed by atoms with Crippen LogP contribution in [0.5, 0.6) is 11.6 Å². The SMILES string of the molecule is O=C(O)c1cccnc1Oc1ccccc1Br. The quantitative estimate of drug-likeness (QED) is 0.943. The van der Waals surface area contributed by atoms with Crippen molar-refractivity contribution >= 4 is 21.9 Å². The summed E-state index contributed by atoms with van der Waals surface area (Å²) in [5.41, 5.74) is 0.0308. The largest absolute Gasteiger partial charge is 0.477 e. The average Bonchev–Trinajstić information content (AvgIpc) is 2.32. The summed E-state index contributed by atoms with van der Waals surface area (Å²) in [5.74, 6) is -0.472. The summed E-state index contributed by atoms with van der Waals surface area (Å²) in [6.45, 7) is 0. The molecule has 0 aliphatic heterocycles. The van der Waals surface area contributed by atoms with Crippen LogP contribution in [0.3, 0.4) is 0 Å². The Bertz CT molecular complexity index is 557. The molecular formula is C12H8BrNO3. The number of pyridine rings is 1. The molecule has 0 fully saturated rings. The van der Waals surface area contributed by atoms with E-state index in [1.807, 2.05) is 6.07 Å². The van der Waals surface area contributed by atoms with E-state index in [0.29, 0.717) is 5.75 Å². The smallest absolute Gasteiger partial charge is 0.341 e. The number of aromatic carboxylic acids is 1. The number of ether oxygens (including phenoxy) is 1. The van der Waals surface area contributed by atoms with E-state index in [9.17, 15) is 4.79 Å². The molecule has 0 aliphatic carbocycles. The molecule has 1 aromatic carbocycles. The predicted octanol–water partition coefficient (Wildman–Crippen LogP) is 3.33. The molecular weight excluding hydrogens is 286 g/mol. The van der Waals surface area contributed by atoms with E-state index in [0.717, 1.165) is 4.47 Å². The third-order valence-corrected chi connectivity index (χ3v) is 2.70. The lowest BCUT2D eigenvalue weighted by atomic mass is 10.3. The standard InChI is InChI=1S/C12H8BrNO3/c13-9-5-1-2-6-10(9)17-11-8(12(15)16)4-3-7-14-11/h1-7H,(H,15,16). The highest BCUT2D eigenvalue weighted by atomic mass is 79.9. The van der Waals surface area contributed by atoms with Gasteiger partial charge in [0.25, 0.3) is 0 Å². The minimum absolute atomic E-state index is 0.0308. The predicted molar refractivity (Wildman–Crippen MR) is 65.4 cm³/mol. The summed E-state index contributed by atoms with van der Waals surface area (Å²) in [6.07, 6.45) is 1.48. The second-order valence-electron chi connectivity index (χ2n) is 3.19. The first kappa shape index (κ1) is 11.6. The maximum Gasteiger partial charge on any atom is 0.341 e. The number of nitrogens with zero attached hydrogens (tertiary/aromatic N) is 1. The van der Waals surface area contributed by atoms with Crippen molar-refractivity contribution in [3.63, 3.8) is 0 Å². The topological polar surface area (TPSA) is 59.4 Å². The lowest BCUT2D eigenvalue weighted by Gasteiger charge is -2.08. The summed E-state index contributed by atoms with van der Waals surface area (Å²) < 4.78 is 6.20. The highest BCUT2D eigenvalue weighted by Crippen LogP contribution is 2.29. The summed E-state index contributed by atoms with van der Waals surface area (Å²) in [5, 5.41) is 8.98. The van der Waals surface area contributed by atoms with Gasteiger partial charge in [0.05, 0.1) is 4.47 Å².